The van der Waals surface area contributed by atoms with E-state index in [2.05, 4.69) is 15.3 Å². The van der Waals surface area contributed by atoms with Crippen LogP contribution in [0, 0.1) is 11.8 Å². The normalized spacial score (nSPS) is 23.7. The molecule has 1 aromatic carbocycles. The third kappa shape index (κ3) is 2.97. The van der Waals surface area contributed by atoms with E-state index in [-0.39, 0.29) is 17.9 Å². The highest BCUT2D eigenvalue weighted by atomic mass is 16.5. The molecule has 1 saturated heterocycles. The lowest BCUT2D eigenvalue weighted by Gasteiger charge is -2.18. The van der Waals surface area contributed by atoms with Crippen molar-refractivity contribution < 1.29 is 9.53 Å². The van der Waals surface area contributed by atoms with Crippen molar-refractivity contribution >= 4 is 11.7 Å². The maximum atomic E-state index is 12.7. The standard InChI is InChI=1S/C18H19N3O2/c22-18(14-8-11-23-16(14)13-6-7-13)21-17-15(19-9-10-20-17)12-4-2-1-3-5-12/h1-5,9-10,13-14,16H,6-8,11H2,(H,20,21,22)/t14-,16+/m1/s1. The quantitative estimate of drug-likeness (QED) is 0.943. The summed E-state index contributed by atoms with van der Waals surface area (Å²) in [4.78, 5) is 21.4. The van der Waals surface area contributed by atoms with E-state index in [0.717, 1.165) is 12.0 Å². The Morgan fingerprint density at radius 3 is 2.65 bits per heavy atom. The molecule has 118 valence electrons. The number of hydrogen-bond donors (Lipinski definition) is 1. The van der Waals surface area contributed by atoms with Gasteiger partial charge < -0.3 is 10.1 Å². The third-order valence-electron chi connectivity index (χ3n) is 4.55. The van der Waals surface area contributed by atoms with Gasteiger partial charge in [0.25, 0.3) is 0 Å². The molecule has 2 aliphatic rings. The molecule has 1 N–H and O–H groups in total. The van der Waals surface area contributed by atoms with E-state index in [4.69, 9.17) is 4.74 Å². The summed E-state index contributed by atoms with van der Waals surface area (Å²) in [5, 5.41) is 2.97. The van der Waals surface area contributed by atoms with E-state index < -0.39 is 0 Å². The van der Waals surface area contributed by atoms with Crippen molar-refractivity contribution in [2.75, 3.05) is 11.9 Å². The Bertz CT molecular complexity index is 700. The molecule has 0 bridgehead atoms. The predicted octanol–water partition coefficient (Wildman–Crippen LogP) is 2.90. The van der Waals surface area contributed by atoms with Crippen LogP contribution < -0.4 is 5.32 Å². The minimum atomic E-state index is -0.0758. The number of benzene rings is 1. The predicted molar refractivity (Wildman–Crippen MR) is 86.7 cm³/mol. The number of ether oxygens (including phenoxy) is 1. The van der Waals surface area contributed by atoms with Gasteiger partial charge in [-0.2, -0.15) is 0 Å². The average Bonchev–Trinajstić information content (AvgIpc) is 3.32. The van der Waals surface area contributed by atoms with Crippen molar-refractivity contribution in [1.82, 2.24) is 9.97 Å². The SMILES string of the molecule is O=C(Nc1nccnc1-c1ccccc1)[C@@H]1CCO[C@H]1C1CC1. The van der Waals surface area contributed by atoms with Gasteiger partial charge in [-0.1, -0.05) is 30.3 Å². The smallest absolute Gasteiger partial charge is 0.231 e. The van der Waals surface area contributed by atoms with Crippen LogP contribution in [-0.4, -0.2) is 28.6 Å². The van der Waals surface area contributed by atoms with Crippen LogP contribution in [0.2, 0.25) is 0 Å². The zero-order chi connectivity index (χ0) is 15.6. The van der Waals surface area contributed by atoms with Crippen LogP contribution in [0.5, 0.6) is 0 Å². The molecule has 1 saturated carbocycles. The van der Waals surface area contributed by atoms with Crippen LogP contribution >= 0.6 is 0 Å². The summed E-state index contributed by atoms with van der Waals surface area (Å²) in [6, 6.07) is 9.78. The Labute approximate surface area is 135 Å². The molecular weight excluding hydrogens is 290 g/mol. The first-order chi connectivity index (χ1) is 11.3. The molecule has 0 unspecified atom stereocenters. The van der Waals surface area contributed by atoms with Crippen LogP contribution in [0.4, 0.5) is 5.82 Å². The zero-order valence-electron chi connectivity index (χ0n) is 12.8. The number of nitrogens with zero attached hydrogens (tertiary/aromatic N) is 2. The monoisotopic (exact) mass is 309 g/mol. The molecule has 23 heavy (non-hydrogen) atoms. The lowest BCUT2D eigenvalue weighted by atomic mass is 9.97. The Balaban J connectivity index is 1.56. The van der Waals surface area contributed by atoms with Gasteiger partial charge in [-0.25, -0.2) is 4.98 Å². The molecule has 5 heteroatoms. The fraction of sp³-hybridized carbons (Fsp3) is 0.389. The fourth-order valence-corrected chi connectivity index (χ4v) is 3.23. The molecule has 5 nitrogen and oxygen atoms in total. The molecule has 2 aromatic rings. The molecule has 1 aliphatic heterocycles. The lowest BCUT2D eigenvalue weighted by molar-refractivity contribution is -0.121. The maximum Gasteiger partial charge on any atom is 0.231 e. The Morgan fingerprint density at radius 2 is 1.87 bits per heavy atom. The van der Waals surface area contributed by atoms with Gasteiger partial charge in [0.2, 0.25) is 5.91 Å². The first kappa shape index (κ1) is 14.3. The van der Waals surface area contributed by atoms with Crippen LogP contribution in [-0.2, 0) is 9.53 Å². The fourth-order valence-electron chi connectivity index (χ4n) is 3.23. The molecule has 1 aromatic heterocycles. The van der Waals surface area contributed by atoms with Crippen molar-refractivity contribution in [2.45, 2.75) is 25.4 Å². The number of aromatic nitrogens is 2. The zero-order valence-corrected chi connectivity index (χ0v) is 12.8. The van der Waals surface area contributed by atoms with Crippen molar-refractivity contribution in [3.05, 3.63) is 42.7 Å². The molecule has 2 fully saturated rings. The van der Waals surface area contributed by atoms with E-state index in [1.807, 2.05) is 30.3 Å². The Hall–Kier alpha value is -2.27. The molecule has 1 amide bonds. The van der Waals surface area contributed by atoms with E-state index in [0.29, 0.717) is 24.0 Å². The van der Waals surface area contributed by atoms with Gasteiger partial charge in [0, 0.05) is 24.6 Å². The third-order valence-corrected chi connectivity index (χ3v) is 4.55. The Kier molecular flexibility index (Phi) is 3.79. The van der Waals surface area contributed by atoms with Crippen LogP contribution in [0.1, 0.15) is 19.3 Å². The number of amides is 1. The van der Waals surface area contributed by atoms with Gasteiger partial charge in [0.05, 0.1) is 12.0 Å². The summed E-state index contributed by atoms with van der Waals surface area (Å²) in [5.41, 5.74) is 1.64. The summed E-state index contributed by atoms with van der Waals surface area (Å²) >= 11 is 0. The van der Waals surface area contributed by atoms with E-state index in [9.17, 15) is 4.79 Å². The van der Waals surface area contributed by atoms with Gasteiger partial charge in [0.1, 0.15) is 5.69 Å². The molecule has 2 atom stereocenters. The number of rotatable bonds is 4. The highest BCUT2D eigenvalue weighted by molar-refractivity contribution is 5.95. The van der Waals surface area contributed by atoms with Crippen molar-refractivity contribution in [3.63, 3.8) is 0 Å². The van der Waals surface area contributed by atoms with Gasteiger partial charge in [0.15, 0.2) is 5.82 Å². The number of carbonyl (C=O) groups is 1. The number of anilines is 1. The first-order valence-corrected chi connectivity index (χ1v) is 8.12. The van der Waals surface area contributed by atoms with Gasteiger partial charge >= 0.3 is 0 Å². The van der Waals surface area contributed by atoms with Crippen LogP contribution in [0.25, 0.3) is 11.3 Å². The van der Waals surface area contributed by atoms with E-state index >= 15 is 0 Å². The molecule has 0 spiro atoms. The number of nitrogens with one attached hydrogen (secondary N) is 1. The Morgan fingerprint density at radius 1 is 1.09 bits per heavy atom. The second-order valence-corrected chi connectivity index (χ2v) is 6.18. The van der Waals surface area contributed by atoms with Crippen LogP contribution in [0.3, 0.4) is 0 Å². The van der Waals surface area contributed by atoms with Crippen LogP contribution in [0.15, 0.2) is 42.7 Å². The van der Waals surface area contributed by atoms with Gasteiger partial charge in [-0.15, -0.1) is 0 Å². The maximum absolute atomic E-state index is 12.7. The molecular formula is C18H19N3O2. The largest absolute Gasteiger partial charge is 0.377 e. The summed E-state index contributed by atoms with van der Waals surface area (Å²) < 4.78 is 5.77. The van der Waals surface area contributed by atoms with E-state index in [1.165, 1.54) is 12.8 Å². The molecule has 4 rings (SSSR count). The summed E-state index contributed by atoms with van der Waals surface area (Å²) in [5.74, 6) is 0.999. The van der Waals surface area contributed by atoms with Crippen molar-refractivity contribution in [2.24, 2.45) is 11.8 Å². The highest BCUT2D eigenvalue weighted by Gasteiger charge is 2.43. The minimum absolute atomic E-state index is 0.00270. The second-order valence-electron chi connectivity index (χ2n) is 6.18. The van der Waals surface area contributed by atoms with Gasteiger partial charge in [-0.3, -0.25) is 9.78 Å². The average molecular weight is 309 g/mol. The summed E-state index contributed by atoms with van der Waals surface area (Å²) in [6.45, 7) is 0.672. The topological polar surface area (TPSA) is 64.1 Å². The van der Waals surface area contributed by atoms with Gasteiger partial charge in [-0.05, 0) is 25.2 Å². The van der Waals surface area contributed by atoms with Crippen molar-refractivity contribution in [1.29, 1.82) is 0 Å². The number of carbonyl (C=O) groups excluding carboxylic acids is 1. The van der Waals surface area contributed by atoms with Crippen molar-refractivity contribution in [3.8, 4) is 11.3 Å². The first-order valence-electron chi connectivity index (χ1n) is 8.12. The molecule has 1 aliphatic carbocycles. The van der Waals surface area contributed by atoms with E-state index in [1.54, 1.807) is 12.4 Å². The lowest BCUT2D eigenvalue weighted by Crippen LogP contribution is -2.31. The minimum Gasteiger partial charge on any atom is -0.377 e. The second kappa shape index (κ2) is 6.08. The highest BCUT2D eigenvalue weighted by Crippen LogP contribution is 2.41. The summed E-state index contributed by atoms with van der Waals surface area (Å²) in [7, 11) is 0. The molecule has 2 heterocycles. The summed E-state index contributed by atoms with van der Waals surface area (Å²) in [6.07, 6.45) is 6.46. The number of hydrogen-bond acceptors (Lipinski definition) is 4. The molecule has 0 radical (unpaired) electrons.